The molecule has 0 saturated carbocycles. The zero-order valence-corrected chi connectivity index (χ0v) is 20.9. The van der Waals surface area contributed by atoms with Crippen molar-refractivity contribution in [1.29, 1.82) is 0 Å². The highest BCUT2D eigenvalue weighted by Crippen LogP contribution is 2.31. The molecule has 0 N–H and O–H groups in total. The highest BCUT2D eigenvalue weighted by atomic mass is 16.5. The second kappa shape index (κ2) is 10.8. The molecule has 1 fully saturated rings. The predicted molar refractivity (Wildman–Crippen MR) is 146 cm³/mol. The van der Waals surface area contributed by atoms with E-state index < -0.39 is 0 Å². The molecule has 1 saturated heterocycles. The van der Waals surface area contributed by atoms with Crippen molar-refractivity contribution in [2.45, 2.75) is 20.0 Å². The minimum atomic E-state index is 0.0762. The lowest BCUT2D eigenvalue weighted by Crippen LogP contribution is -2.48. The molecule has 0 unspecified atom stereocenters. The summed E-state index contributed by atoms with van der Waals surface area (Å²) in [5.41, 5.74) is 5.40. The number of benzene rings is 3. The number of hydrogen-bond donors (Lipinski definition) is 0. The van der Waals surface area contributed by atoms with Crippen molar-refractivity contribution in [3.8, 4) is 5.75 Å². The van der Waals surface area contributed by atoms with Crippen molar-refractivity contribution in [3.63, 3.8) is 0 Å². The highest BCUT2D eigenvalue weighted by Gasteiger charge is 2.26. The van der Waals surface area contributed by atoms with Gasteiger partial charge in [-0.2, -0.15) is 0 Å². The molecule has 184 valence electrons. The lowest BCUT2D eigenvalue weighted by atomic mass is 10.1. The molecule has 36 heavy (non-hydrogen) atoms. The average Bonchev–Trinajstić information content (AvgIpc) is 3.28. The van der Waals surface area contributed by atoms with Crippen LogP contribution in [0, 0.1) is 6.92 Å². The Morgan fingerprint density at radius 3 is 2.33 bits per heavy atom. The van der Waals surface area contributed by atoms with Crippen LogP contribution in [0.1, 0.15) is 27.2 Å². The van der Waals surface area contributed by atoms with Crippen molar-refractivity contribution in [2.75, 3.05) is 32.8 Å². The van der Waals surface area contributed by atoms with E-state index in [-0.39, 0.29) is 5.91 Å². The molecule has 0 aliphatic carbocycles. The molecule has 1 aromatic heterocycles. The Morgan fingerprint density at radius 1 is 0.889 bits per heavy atom. The van der Waals surface area contributed by atoms with Crippen LogP contribution in [0.5, 0.6) is 5.75 Å². The van der Waals surface area contributed by atoms with Gasteiger partial charge in [0.05, 0.1) is 5.52 Å². The second-order valence-corrected chi connectivity index (χ2v) is 9.44. The van der Waals surface area contributed by atoms with Crippen LogP contribution in [0.25, 0.3) is 10.9 Å². The Bertz CT molecular complexity index is 1330. The molecule has 0 bridgehead atoms. The normalized spacial score (nSPS) is 14.2. The van der Waals surface area contributed by atoms with Crippen LogP contribution >= 0.6 is 0 Å². The molecule has 0 atom stereocenters. The van der Waals surface area contributed by atoms with Gasteiger partial charge in [0, 0.05) is 44.7 Å². The van der Waals surface area contributed by atoms with Crippen molar-refractivity contribution >= 4 is 16.8 Å². The molecule has 1 aliphatic heterocycles. The second-order valence-electron chi connectivity index (χ2n) is 9.44. The van der Waals surface area contributed by atoms with Gasteiger partial charge in [-0.05, 0) is 36.2 Å². The first-order valence-electron chi connectivity index (χ1n) is 12.6. The van der Waals surface area contributed by atoms with Crippen molar-refractivity contribution in [3.05, 3.63) is 114 Å². The van der Waals surface area contributed by atoms with Crippen LogP contribution < -0.4 is 4.74 Å². The summed E-state index contributed by atoms with van der Waals surface area (Å²) in [6, 6.07) is 27.0. The standard InChI is InChI=1S/C31H33N3O2/c1-3-20-36-30-11-7-10-28-27(30)21-29(34(28)23-26-14-12-24(2)13-15-26)31(35)33-18-16-32(17-19-33)22-25-8-5-4-6-9-25/h3-15,21H,1,16-20,22-23H2,2H3. The molecule has 5 heteroatoms. The summed E-state index contributed by atoms with van der Waals surface area (Å²) in [5, 5.41) is 0.956. The number of carbonyl (C=O) groups excluding carboxylic acids is 1. The van der Waals surface area contributed by atoms with Crippen molar-refractivity contribution in [1.82, 2.24) is 14.4 Å². The maximum atomic E-state index is 13.9. The number of hydrogen-bond acceptors (Lipinski definition) is 3. The number of aryl methyl sites for hydroxylation is 1. The summed E-state index contributed by atoms with van der Waals surface area (Å²) in [5.74, 6) is 0.851. The number of fused-ring (bicyclic) bond motifs is 1. The van der Waals surface area contributed by atoms with Gasteiger partial charge in [0.1, 0.15) is 18.1 Å². The molecular weight excluding hydrogens is 446 g/mol. The molecule has 0 spiro atoms. The third-order valence-corrected chi connectivity index (χ3v) is 6.85. The third kappa shape index (κ3) is 5.21. The van der Waals surface area contributed by atoms with Crippen molar-refractivity contribution in [2.24, 2.45) is 0 Å². The smallest absolute Gasteiger partial charge is 0.270 e. The van der Waals surface area contributed by atoms with Gasteiger partial charge < -0.3 is 14.2 Å². The Morgan fingerprint density at radius 2 is 1.61 bits per heavy atom. The quantitative estimate of drug-likeness (QED) is 0.312. The lowest BCUT2D eigenvalue weighted by Gasteiger charge is -2.35. The Kier molecular flexibility index (Phi) is 7.19. The van der Waals surface area contributed by atoms with Gasteiger partial charge in [-0.25, -0.2) is 0 Å². The molecule has 3 aromatic carbocycles. The maximum absolute atomic E-state index is 13.9. The van der Waals surface area contributed by atoms with Crippen LogP contribution in [0.2, 0.25) is 0 Å². The Labute approximate surface area is 213 Å². The number of piperazine rings is 1. The molecule has 4 aromatic rings. The van der Waals surface area contributed by atoms with Gasteiger partial charge in [0.15, 0.2) is 0 Å². The number of aromatic nitrogens is 1. The molecule has 2 heterocycles. The van der Waals surface area contributed by atoms with E-state index in [0.717, 1.165) is 54.9 Å². The molecule has 5 rings (SSSR count). The van der Waals surface area contributed by atoms with E-state index in [1.807, 2.05) is 29.2 Å². The number of carbonyl (C=O) groups is 1. The van der Waals surface area contributed by atoms with Crippen molar-refractivity contribution < 1.29 is 9.53 Å². The SMILES string of the molecule is C=CCOc1cccc2c1cc(C(=O)N1CCN(Cc3ccccc3)CC1)n2Cc1ccc(C)cc1. The number of rotatable bonds is 8. The fraction of sp³-hybridized carbons (Fsp3) is 0.258. The van der Waals surface area contributed by atoms with E-state index in [2.05, 4.69) is 77.6 Å². The fourth-order valence-corrected chi connectivity index (χ4v) is 4.87. The molecule has 1 amide bonds. The summed E-state index contributed by atoms with van der Waals surface area (Å²) in [7, 11) is 0. The van der Waals surface area contributed by atoms with E-state index in [4.69, 9.17) is 4.74 Å². The largest absolute Gasteiger partial charge is 0.489 e. The Hall–Kier alpha value is -3.83. The third-order valence-electron chi connectivity index (χ3n) is 6.85. The van der Waals surface area contributed by atoms with Gasteiger partial charge in [0.2, 0.25) is 0 Å². The van der Waals surface area contributed by atoms with Gasteiger partial charge in [-0.1, -0.05) is 78.9 Å². The minimum Gasteiger partial charge on any atom is -0.489 e. The maximum Gasteiger partial charge on any atom is 0.270 e. The van der Waals surface area contributed by atoms with Gasteiger partial charge >= 0.3 is 0 Å². The predicted octanol–water partition coefficient (Wildman–Crippen LogP) is 5.52. The molecule has 1 aliphatic rings. The van der Waals surface area contributed by atoms with Gasteiger partial charge in [0.25, 0.3) is 5.91 Å². The van der Waals surface area contributed by atoms with Gasteiger partial charge in [-0.3, -0.25) is 9.69 Å². The van der Waals surface area contributed by atoms with Crippen LogP contribution in [-0.2, 0) is 13.1 Å². The van der Waals surface area contributed by atoms with Crippen LogP contribution in [0.3, 0.4) is 0 Å². The zero-order valence-electron chi connectivity index (χ0n) is 20.9. The first-order chi connectivity index (χ1) is 17.6. The summed E-state index contributed by atoms with van der Waals surface area (Å²) < 4.78 is 8.07. The molecule has 5 nitrogen and oxygen atoms in total. The fourth-order valence-electron chi connectivity index (χ4n) is 4.87. The number of ether oxygens (including phenoxy) is 1. The first kappa shape index (κ1) is 23.9. The minimum absolute atomic E-state index is 0.0762. The van der Waals surface area contributed by atoms with Crippen LogP contribution in [-0.4, -0.2) is 53.1 Å². The lowest BCUT2D eigenvalue weighted by molar-refractivity contribution is 0.0619. The van der Waals surface area contributed by atoms with E-state index in [1.165, 1.54) is 11.1 Å². The van der Waals surface area contributed by atoms with E-state index in [9.17, 15) is 4.79 Å². The highest BCUT2D eigenvalue weighted by molar-refractivity contribution is 6.00. The summed E-state index contributed by atoms with van der Waals surface area (Å²) in [4.78, 5) is 18.3. The number of nitrogens with zero attached hydrogens (tertiary/aromatic N) is 3. The van der Waals surface area contributed by atoms with E-state index >= 15 is 0 Å². The summed E-state index contributed by atoms with van der Waals surface area (Å²) in [6.45, 7) is 11.0. The first-order valence-corrected chi connectivity index (χ1v) is 12.6. The molecular formula is C31H33N3O2. The average molecular weight is 480 g/mol. The van der Waals surface area contributed by atoms with E-state index in [1.54, 1.807) is 6.08 Å². The topological polar surface area (TPSA) is 37.7 Å². The Balaban J connectivity index is 1.41. The molecule has 0 radical (unpaired) electrons. The van der Waals surface area contributed by atoms with Gasteiger partial charge in [-0.15, -0.1) is 0 Å². The van der Waals surface area contributed by atoms with E-state index in [0.29, 0.717) is 18.8 Å². The van der Waals surface area contributed by atoms with Crippen LogP contribution in [0.4, 0.5) is 0 Å². The summed E-state index contributed by atoms with van der Waals surface area (Å²) >= 11 is 0. The monoisotopic (exact) mass is 479 g/mol. The zero-order chi connectivity index (χ0) is 24.9. The summed E-state index contributed by atoms with van der Waals surface area (Å²) in [6.07, 6.45) is 1.74. The van der Waals surface area contributed by atoms with Crippen LogP contribution in [0.15, 0.2) is 91.5 Å². The number of amides is 1.